The molecule has 0 radical (unpaired) electrons. The number of nitrogens with one attached hydrogen (secondary N) is 2. The van der Waals surface area contributed by atoms with Gasteiger partial charge in [0.25, 0.3) is 0 Å². The molecule has 1 aromatic carbocycles. The minimum absolute atomic E-state index is 0.0673. The second kappa shape index (κ2) is 6.11. The number of aliphatic hydroxyl groups excluding tert-OH is 1. The van der Waals surface area contributed by atoms with Gasteiger partial charge in [0, 0.05) is 18.0 Å². The van der Waals surface area contributed by atoms with Gasteiger partial charge in [-0.3, -0.25) is 4.68 Å². The summed E-state index contributed by atoms with van der Waals surface area (Å²) in [6, 6.07) is 2.43. The van der Waals surface area contributed by atoms with Crippen LogP contribution in [0.3, 0.4) is 0 Å². The predicted octanol–water partition coefficient (Wildman–Crippen LogP) is 1.80. The lowest BCUT2D eigenvalue weighted by Crippen LogP contribution is -2.19. The van der Waals surface area contributed by atoms with Crippen LogP contribution in [-0.4, -0.2) is 27.5 Å². The Kier molecular flexibility index (Phi) is 4.26. The molecule has 106 valence electrons. The van der Waals surface area contributed by atoms with E-state index in [1.807, 2.05) is 0 Å². The molecule has 1 aromatic heterocycles. The third kappa shape index (κ3) is 3.51. The summed E-state index contributed by atoms with van der Waals surface area (Å²) in [7, 11) is 0. The molecule has 0 atom stereocenters. The smallest absolute Gasteiger partial charge is 0.323 e. The van der Waals surface area contributed by atoms with Crippen LogP contribution in [0, 0.1) is 11.6 Å². The second-order valence-electron chi connectivity index (χ2n) is 3.92. The van der Waals surface area contributed by atoms with Crippen molar-refractivity contribution in [1.29, 1.82) is 0 Å². The molecule has 0 spiro atoms. The Labute approximate surface area is 113 Å². The van der Waals surface area contributed by atoms with Crippen LogP contribution in [0.4, 0.5) is 25.0 Å². The van der Waals surface area contributed by atoms with Crippen LogP contribution in [0.2, 0.25) is 0 Å². The van der Waals surface area contributed by atoms with E-state index in [0.29, 0.717) is 12.2 Å². The van der Waals surface area contributed by atoms with Gasteiger partial charge in [0.05, 0.1) is 25.0 Å². The first-order chi connectivity index (χ1) is 9.58. The van der Waals surface area contributed by atoms with Gasteiger partial charge in [-0.1, -0.05) is 0 Å². The monoisotopic (exact) mass is 282 g/mol. The van der Waals surface area contributed by atoms with Gasteiger partial charge in [0.15, 0.2) is 11.6 Å². The van der Waals surface area contributed by atoms with Gasteiger partial charge >= 0.3 is 6.03 Å². The van der Waals surface area contributed by atoms with E-state index >= 15 is 0 Å². The Morgan fingerprint density at radius 3 is 2.70 bits per heavy atom. The van der Waals surface area contributed by atoms with Crippen molar-refractivity contribution in [3.05, 3.63) is 42.2 Å². The maximum absolute atomic E-state index is 13.0. The maximum Gasteiger partial charge on any atom is 0.323 e. The van der Waals surface area contributed by atoms with E-state index in [1.54, 1.807) is 0 Å². The summed E-state index contributed by atoms with van der Waals surface area (Å²) >= 11 is 0. The van der Waals surface area contributed by atoms with Crippen LogP contribution >= 0.6 is 0 Å². The summed E-state index contributed by atoms with van der Waals surface area (Å²) in [5.41, 5.74) is 0.544. The molecule has 0 unspecified atom stereocenters. The van der Waals surface area contributed by atoms with Crippen molar-refractivity contribution in [3.8, 4) is 0 Å². The summed E-state index contributed by atoms with van der Waals surface area (Å²) in [6.07, 6.45) is 2.93. The number of aliphatic hydroxyl groups is 1. The number of rotatable bonds is 4. The van der Waals surface area contributed by atoms with Gasteiger partial charge in [-0.2, -0.15) is 5.10 Å². The number of halogens is 2. The lowest BCUT2D eigenvalue weighted by molar-refractivity contribution is 0.262. The number of urea groups is 1. The molecule has 20 heavy (non-hydrogen) atoms. The predicted molar refractivity (Wildman–Crippen MR) is 68.3 cm³/mol. The lowest BCUT2D eigenvalue weighted by Gasteiger charge is -2.06. The number of hydrogen-bond donors (Lipinski definition) is 3. The second-order valence-corrected chi connectivity index (χ2v) is 3.92. The van der Waals surface area contributed by atoms with Crippen molar-refractivity contribution >= 4 is 17.4 Å². The zero-order chi connectivity index (χ0) is 14.5. The Morgan fingerprint density at radius 1 is 1.25 bits per heavy atom. The number of carbonyl (C=O) groups excluding carboxylic acids is 1. The van der Waals surface area contributed by atoms with Crippen molar-refractivity contribution in [2.45, 2.75) is 6.54 Å². The molecule has 2 rings (SSSR count). The topological polar surface area (TPSA) is 79.2 Å². The van der Waals surface area contributed by atoms with Crippen LogP contribution in [0.5, 0.6) is 0 Å². The number of benzene rings is 1. The zero-order valence-electron chi connectivity index (χ0n) is 10.3. The summed E-state index contributed by atoms with van der Waals surface area (Å²) < 4.78 is 27.1. The van der Waals surface area contributed by atoms with Gasteiger partial charge in [-0.25, -0.2) is 13.6 Å². The summed E-state index contributed by atoms with van der Waals surface area (Å²) in [4.78, 5) is 11.6. The first-order valence-electron chi connectivity index (χ1n) is 5.75. The highest BCUT2D eigenvalue weighted by atomic mass is 19.2. The summed E-state index contributed by atoms with van der Waals surface area (Å²) in [6.45, 7) is 0.245. The number of anilines is 2. The lowest BCUT2D eigenvalue weighted by atomic mass is 10.3. The summed E-state index contributed by atoms with van der Waals surface area (Å²) in [5, 5.41) is 17.5. The molecule has 6 nitrogen and oxygen atoms in total. The average molecular weight is 282 g/mol. The largest absolute Gasteiger partial charge is 0.394 e. The number of carbonyl (C=O) groups is 1. The molecular formula is C12H12F2N4O2. The number of amides is 2. The van der Waals surface area contributed by atoms with E-state index in [2.05, 4.69) is 15.7 Å². The Hall–Kier alpha value is -2.48. The maximum atomic E-state index is 13.0. The van der Waals surface area contributed by atoms with Crippen molar-refractivity contribution in [1.82, 2.24) is 9.78 Å². The molecule has 0 saturated carbocycles. The van der Waals surface area contributed by atoms with E-state index in [1.165, 1.54) is 23.1 Å². The highest BCUT2D eigenvalue weighted by Gasteiger charge is 2.07. The van der Waals surface area contributed by atoms with E-state index in [0.717, 1.165) is 12.1 Å². The molecule has 0 saturated heterocycles. The average Bonchev–Trinajstić information content (AvgIpc) is 2.81. The van der Waals surface area contributed by atoms with Crippen molar-refractivity contribution in [2.24, 2.45) is 0 Å². The van der Waals surface area contributed by atoms with Gasteiger partial charge in [-0.05, 0) is 12.1 Å². The number of hydrogen-bond acceptors (Lipinski definition) is 3. The number of aromatic nitrogens is 2. The van der Waals surface area contributed by atoms with Crippen molar-refractivity contribution in [2.75, 3.05) is 17.2 Å². The zero-order valence-corrected chi connectivity index (χ0v) is 10.3. The molecule has 0 aliphatic carbocycles. The van der Waals surface area contributed by atoms with Crippen molar-refractivity contribution < 1.29 is 18.7 Å². The highest BCUT2D eigenvalue weighted by Crippen LogP contribution is 2.13. The third-order valence-electron chi connectivity index (χ3n) is 2.40. The van der Waals surface area contributed by atoms with E-state index in [-0.39, 0.29) is 12.3 Å². The Bertz CT molecular complexity index is 615. The van der Waals surface area contributed by atoms with Gasteiger partial charge in [0.1, 0.15) is 0 Å². The molecule has 2 amide bonds. The first kappa shape index (κ1) is 13.9. The molecule has 8 heteroatoms. The van der Waals surface area contributed by atoms with Crippen LogP contribution < -0.4 is 10.6 Å². The van der Waals surface area contributed by atoms with E-state index in [9.17, 15) is 13.6 Å². The standard InChI is InChI=1S/C12H12F2N4O2/c13-10-2-1-8(5-11(10)14)16-12(20)17-9-6-15-18(7-9)3-4-19/h1-2,5-7,19H,3-4H2,(H2,16,17,20). The van der Waals surface area contributed by atoms with Crippen LogP contribution in [0.15, 0.2) is 30.6 Å². The van der Waals surface area contributed by atoms with Gasteiger partial charge in [-0.15, -0.1) is 0 Å². The van der Waals surface area contributed by atoms with Crippen molar-refractivity contribution in [3.63, 3.8) is 0 Å². The van der Waals surface area contributed by atoms with E-state index in [4.69, 9.17) is 5.11 Å². The first-order valence-corrected chi connectivity index (χ1v) is 5.75. The van der Waals surface area contributed by atoms with Crippen LogP contribution in [-0.2, 0) is 6.54 Å². The van der Waals surface area contributed by atoms with Crippen LogP contribution in [0.25, 0.3) is 0 Å². The van der Waals surface area contributed by atoms with Gasteiger partial charge in [0.2, 0.25) is 0 Å². The molecule has 0 bridgehead atoms. The SMILES string of the molecule is O=C(Nc1ccc(F)c(F)c1)Nc1cnn(CCO)c1. The fourth-order valence-electron chi connectivity index (χ4n) is 1.52. The summed E-state index contributed by atoms with van der Waals surface area (Å²) in [5.74, 6) is -2.03. The quantitative estimate of drug-likeness (QED) is 0.800. The normalized spacial score (nSPS) is 10.3. The van der Waals surface area contributed by atoms with Gasteiger partial charge < -0.3 is 15.7 Å². The molecule has 1 heterocycles. The third-order valence-corrected chi connectivity index (χ3v) is 2.40. The molecule has 0 fully saturated rings. The highest BCUT2D eigenvalue weighted by molar-refractivity contribution is 5.99. The molecule has 0 aliphatic rings. The minimum atomic E-state index is -1.04. The molecule has 2 aromatic rings. The fraction of sp³-hybridized carbons (Fsp3) is 0.167. The Balaban J connectivity index is 1.95. The molecule has 3 N–H and O–H groups in total. The molecular weight excluding hydrogens is 270 g/mol. The van der Waals surface area contributed by atoms with Crippen LogP contribution in [0.1, 0.15) is 0 Å². The fourth-order valence-corrected chi connectivity index (χ4v) is 1.52. The molecule has 0 aliphatic heterocycles. The Morgan fingerprint density at radius 2 is 2.00 bits per heavy atom. The number of nitrogens with zero attached hydrogens (tertiary/aromatic N) is 2. The van der Waals surface area contributed by atoms with E-state index < -0.39 is 17.7 Å². The minimum Gasteiger partial charge on any atom is -0.394 e.